The quantitative estimate of drug-likeness (QED) is 0.526. The van der Waals surface area contributed by atoms with Crippen molar-refractivity contribution in [3.8, 4) is 5.75 Å². The van der Waals surface area contributed by atoms with Crippen LogP contribution in [0.1, 0.15) is 31.4 Å². The number of hydrogen-bond donors (Lipinski definition) is 1. The molecule has 1 N–H and O–H groups in total. The Bertz CT molecular complexity index is 760. The van der Waals surface area contributed by atoms with Gasteiger partial charge in [0.25, 0.3) is 5.91 Å². The third kappa shape index (κ3) is 6.03. The Morgan fingerprint density at radius 3 is 2.44 bits per heavy atom. The minimum Gasteiger partial charge on any atom is -0.494 e. The lowest BCUT2D eigenvalue weighted by Gasteiger charge is -2.18. The van der Waals surface area contributed by atoms with Crippen molar-refractivity contribution >= 4 is 23.6 Å². The van der Waals surface area contributed by atoms with Crippen LogP contribution in [0.5, 0.6) is 5.75 Å². The molecule has 5 nitrogen and oxygen atoms in total. The summed E-state index contributed by atoms with van der Waals surface area (Å²) in [5.74, 6) is 0.246. The first-order valence-electron chi connectivity index (χ1n) is 9.06. The van der Waals surface area contributed by atoms with Crippen LogP contribution in [0.3, 0.4) is 0 Å². The van der Waals surface area contributed by atoms with Gasteiger partial charge in [-0.1, -0.05) is 30.3 Å². The van der Waals surface area contributed by atoms with Crippen LogP contribution in [0.15, 0.2) is 59.5 Å². The van der Waals surface area contributed by atoms with Crippen molar-refractivity contribution in [1.82, 2.24) is 5.32 Å². The molecule has 1 aliphatic carbocycles. The van der Waals surface area contributed by atoms with Crippen LogP contribution < -0.4 is 10.1 Å². The van der Waals surface area contributed by atoms with E-state index in [1.54, 1.807) is 12.1 Å². The molecule has 0 bridgehead atoms. The molecule has 0 spiro atoms. The lowest BCUT2D eigenvalue weighted by atomic mass is 10.1. The molecule has 0 aromatic heterocycles. The number of esters is 1. The number of carbonyl (C=O) groups excluding carboxylic acids is 2. The largest absolute Gasteiger partial charge is 0.494 e. The standard InChI is InChI=1S/C21H23NO4S/c1-2-25-17-10-12-18(13-11-17)27-14-19(23)26-20(15-6-4-3-5-7-15)21(24)22-16-8-9-16/h3-7,10-13,16,20H,2,8-9,14H2,1H3,(H,22,24)/t20-/m0/s1. The average Bonchev–Trinajstić information content (AvgIpc) is 3.50. The summed E-state index contributed by atoms with van der Waals surface area (Å²) in [5, 5.41) is 2.91. The Morgan fingerprint density at radius 1 is 1.11 bits per heavy atom. The lowest BCUT2D eigenvalue weighted by molar-refractivity contribution is -0.154. The first-order valence-corrected chi connectivity index (χ1v) is 10.0. The van der Waals surface area contributed by atoms with Gasteiger partial charge in [0.05, 0.1) is 12.4 Å². The average molecular weight is 385 g/mol. The second kappa shape index (κ2) is 9.46. The van der Waals surface area contributed by atoms with Gasteiger partial charge in [0.15, 0.2) is 0 Å². The normalized spacial score (nSPS) is 14.3. The van der Waals surface area contributed by atoms with Gasteiger partial charge in [-0.25, -0.2) is 0 Å². The highest BCUT2D eigenvalue weighted by atomic mass is 32.2. The summed E-state index contributed by atoms with van der Waals surface area (Å²) in [6.45, 7) is 2.55. The second-order valence-electron chi connectivity index (χ2n) is 6.26. The molecule has 0 heterocycles. The third-order valence-electron chi connectivity index (χ3n) is 4.00. The molecule has 142 valence electrons. The van der Waals surface area contributed by atoms with E-state index in [1.807, 2.05) is 49.4 Å². The Balaban J connectivity index is 1.57. The van der Waals surface area contributed by atoms with Crippen molar-refractivity contribution in [2.75, 3.05) is 12.4 Å². The van der Waals surface area contributed by atoms with E-state index >= 15 is 0 Å². The van der Waals surface area contributed by atoms with E-state index in [4.69, 9.17) is 9.47 Å². The topological polar surface area (TPSA) is 64.6 Å². The van der Waals surface area contributed by atoms with Crippen LogP contribution >= 0.6 is 11.8 Å². The van der Waals surface area contributed by atoms with Gasteiger partial charge in [-0.05, 0) is 44.0 Å². The van der Waals surface area contributed by atoms with E-state index in [2.05, 4.69) is 5.32 Å². The van der Waals surface area contributed by atoms with Crippen LogP contribution in [0.2, 0.25) is 0 Å². The zero-order valence-corrected chi connectivity index (χ0v) is 16.0. The molecule has 27 heavy (non-hydrogen) atoms. The summed E-state index contributed by atoms with van der Waals surface area (Å²) in [5.41, 5.74) is 0.676. The molecule has 1 fully saturated rings. The molecule has 0 saturated heterocycles. The van der Waals surface area contributed by atoms with Gasteiger partial charge >= 0.3 is 5.97 Å². The summed E-state index contributed by atoms with van der Waals surface area (Å²) in [6.07, 6.45) is 1.05. The number of rotatable bonds is 9. The molecule has 1 amide bonds. The fourth-order valence-electron chi connectivity index (χ4n) is 2.51. The fraction of sp³-hybridized carbons (Fsp3) is 0.333. The predicted molar refractivity (Wildman–Crippen MR) is 105 cm³/mol. The van der Waals surface area contributed by atoms with Crippen LogP contribution in [-0.4, -0.2) is 30.3 Å². The van der Waals surface area contributed by atoms with E-state index in [0.717, 1.165) is 23.5 Å². The van der Waals surface area contributed by atoms with E-state index in [1.165, 1.54) is 11.8 Å². The molecule has 1 saturated carbocycles. The molecule has 6 heteroatoms. The number of nitrogens with one attached hydrogen (secondary N) is 1. The van der Waals surface area contributed by atoms with Crippen molar-refractivity contribution in [1.29, 1.82) is 0 Å². The summed E-state index contributed by atoms with van der Waals surface area (Å²) < 4.78 is 10.9. The van der Waals surface area contributed by atoms with Gasteiger partial charge in [-0.2, -0.15) is 0 Å². The Morgan fingerprint density at radius 2 is 1.81 bits per heavy atom. The number of hydrogen-bond acceptors (Lipinski definition) is 5. The van der Waals surface area contributed by atoms with E-state index in [0.29, 0.717) is 12.2 Å². The van der Waals surface area contributed by atoms with E-state index in [9.17, 15) is 9.59 Å². The van der Waals surface area contributed by atoms with Gasteiger partial charge in [-0.3, -0.25) is 9.59 Å². The molecule has 1 atom stereocenters. The summed E-state index contributed by atoms with van der Waals surface area (Å²) in [6, 6.07) is 16.9. The number of ether oxygens (including phenoxy) is 2. The molecule has 0 radical (unpaired) electrons. The Hall–Kier alpha value is -2.47. The van der Waals surface area contributed by atoms with Crippen molar-refractivity contribution < 1.29 is 19.1 Å². The van der Waals surface area contributed by atoms with Gasteiger partial charge < -0.3 is 14.8 Å². The van der Waals surface area contributed by atoms with Crippen LogP contribution in [-0.2, 0) is 14.3 Å². The highest BCUT2D eigenvalue weighted by Gasteiger charge is 2.30. The molecule has 2 aromatic carbocycles. The summed E-state index contributed by atoms with van der Waals surface area (Å²) in [4.78, 5) is 25.8. The van der Waals surface area contributed by atoms with E-state index in [-0.39, 0.29) is 17.7 Å². The van der Waals surface area contributed by atoms with Crippen molar-refractivity contribution in [2.45, 2.75) is 36.8 Å². The predicted octanol–water partition coefficient (Wildman–Crippen LogP) is 3.74. The van der Waals surface area contributed by atoms with Gasteiger partial charge in [0.1, 0.15) is 5.75 Å². The number of amides is 1. The zero-order valence-electron chi connectivity index (χ0n) is 15.2. The maximum Gasteiger partial charge on any atom is 0.317 e. The van der Waals surface area contributed by atoms with Gasteiger partial charge in [0, 0.05) is 16.5 Å². The molecule has 3 rings (SSSR count). The summed E-state index contributed by atoms with van der Waals surface area (Å²) in [7, 11) is 0. The Kier molecular flexibility index (Phi) is 6.76. The lowest BCUT2D eigenvalue weighted by Crippen LogP contribution is -2.33. The van der Waals surface area contributed by atoms with Crippen molar-refractivity contribution in [3.05, 3.63) is 60.2 Å². The molecule has 1 aliphatic rings. The fourth-order valence-corrected chi connectivity index (χ4v) is 3.19. The molecular formula is C21H23NO4S. The molecule has 0 unspecified atom stereocenters. The maximum atomic E-state index is 12.5. The molecule has 0 aliphatic heterocycles. The van der Waals surface area contributed by atoms with Gasteiger partial charge in [0.2, 0.25) is 6.10 Å². The Labute approximate surface area is 163 Å². The first-order chi connectivity index (χ1) is 13.2. The maximum absolute atomic E-state index is 12.5. The monoisotopic (exact) mass is 385 g/mol. The smallest absolute Gasteiger partial charge is 0.317 e. The molecular weight excluding hydrogens is 362 g/mol. The second-order valence-corrected chi connectivity index (χ2v) is 7.31. The van der Waals surface area contributed by atoms with Crippen LogP contribution in [0, 0.1) is 0 Å². The van der Waals surface area contributed by atoms with Gasteiger partial charge in [-0.15, -0.1) is 11.8 Å². The minimum atomic E-state index is -0.916. The van der Waals surface area contributed by atoms with Crippen LogP contribution in [0.25, 0.3) is 0 Å². The molecule has 2 aromatic rings. The van der Waals surface area contributed by atoms with Crippen molar-refractivity contribution in [2.24, 2.45) is 0 Å². The highest BCUT2D eigenvalue weighted by molar-refractivity contribution is 8.00. The number of thioether (sulfide) groups is 1. The SMILES string of the molecule is CCOc1ccc(SCC(=O)O[C@H](C(=O)NC2CC2)c2ccccc2)cc1. The van der Waals surface area contributed by atoms with E-state index < -0.39 is 12.1 Å². The van der Waals surface area contributed by atoms with Crippen LogP contribution in [0.4, 0.5) is 0 Å². The number of benzene rings is 2. The minimum absolute atomic E-state index is 0.133. The number of carbonyl (C=O) groups is 2. The third-order valence-corrected chi connectivity index (χ3v) is 4.99. The summed E-state index contributed by atoms with van der Waals surface area (Å²) >= 11 is 1.37. The first kappa shape index (κ1) is 19.3. The van der Waals surface area contributed by atoms with Crippen molar-refractivity contribution in [3.63, 3.8) is 0 Å². The highest BCUT2D eigenvalue weighted by Crippen LogP contribution is 2.25. The zero-order chi connectivity index (χ0) is 19.1.